The van der Waals surface area contributed by atoms with Crippen molar-refractivity contribution in [2.45, 2.75) is 26.9 Å². The Hall–Kier alpha value is -0.500. The van der Waals surface area contributed by atoms with Crippen molar-refractivity contribution < 1.29 is 9.84 Å². The van der Waals surface area contributed by atoms with Crippen LogP contribution >= 0.6 is 0 Å². The average molecular weight is 144 g/mol. The second kappa shape index (κ2) is 4.34. The lowest BCUT2D eigenvalue weighted by atomic mass is 10.1. The first-order valence-electron chi connectivity index (χ1n) is 3.48. The van der Waals surface area contributed by atoms with E-state index in [-0.39, 0.29) is 12.0 Å². The van der Waals surface area contributed by atoms with Gasteiger partial charge in [0.1, 0.15) is 0 Å². The molecule has 0 spiro atoms. The highest BCUT2D eigenvalue weighted by Gasteiger charge is 2.05. The fraction of sp³-hybridized carbons (Fsp3) is 0.750. The Labute approximate surface area is 62.5 Å². The minimum absolute atomic E-state index is 0.255. The summed E-state index contributed by atoms with van der Waals surface area (Å²) in [6.45, 7) is 5.75. The number of allylic oxidation sites excluding steroid dienone is 1. The molecule has 0 aromatic rings. The molecule has 2 nitrogen and oxygen atoms in total. The molecule has 10 heavy (non-hydrogen) atoms. The van der Waals surface area contributed by atoms with E-state index >= 15 is 0 Å². The molecule has 0 aliphatic carbocycles. The van der Waals surface area contributed by atoms with Gasteiger partial charge in [-0.3, -0.25) is 0 Å². The molecular formula is C8H16O2. The van der Waals surface area contributed by atoms with Gasteiger partial charge in [-0.05, 0) is 18.9 Å². The third kappa shape index (κ3) is 3.51. The van der Waals surface area contributed by atoms with Crippen LogP contribution in [-0.4, -0.2) is 18.3 Å². The number of aliphatic hydroxyl groups is 1. The fourth-order valence-electron chi connectivity index (χ4n) is 0.501. The molecule has 0 saturated heterocycles. The highest BCUT2D eigenvalue weighted by molar-refractivity contribution is 4.94. The second-order valence-electron chi connectivity index (χ2n) is 2.72. The van der Waals surface area contributed by atoms with E-state index in [9.17, 15) is 5.11 Å². The van der Waals surface area contributed by atoms with Crippen LogP contribution in [0.5, 0.6) is 0 Å². The monoisotopic (exact) mass is 144 g/mol. The van der Waals surface area contributed by atoms with Gasteiger partial charge in [0.15, 0.2) is 0 Å². The van der Waals surface area contributed by atoms with Crippen molar-refractivity contribution in [1.29, 1.82) is 0 Å². The Bertz CT molecular complexity index is 116. The highest BCUT2D eigenvalue weighted by Crippen LogP contribution is 2.05. The zero-order valence-electron chi connectivity index (χ0n) is 7.09. The summed E-state index contributed by atoms with van der Waals surface area (Å²) in [7, 11) is 1.60. The van der Waals surface area contributed by atoms with Gasteiger partial charge in [0, 0.05) is 0 Å². The van der Waals surface area contributed by atoms with E-state index < -0.39 is 0 Å². The van der Waals surface area contributed by atoms with Crippen molar-refractivity contribution in [3.05, 3.63) is 11.8 Å². The standard InChI is InChI=1S/C8H16O2/c1-6(2)8(9)5-7(3)10-4/h5-6,8-9H,1-4H3/b7-5+. The molecule has 0 radical (unpaired) electrons. The number of hydrogen-bond donors (Lipinski definition) is 1. The maximum Gasteiger partial charge on any atom is 0.0910 e. The number of ether oxygens (including phenoxy) is 1. The van der Waals surface area contributed by atoms with Gasteiger partial charge in [-0.15, -0.1) is 0 Å². The van der Waals surface area contributed by atoms with Crippen LogP contribution in [0.15, 0.2) is 11.8 Å². The van der Waals surface area contributed by atoms with Crippen LogP contribution in [-0.2, 0) is 4.74 Å². The molecule has 0 aliphatic heterocycles. The molecule has 0 aromatic carbocycles. The molecule has 0 saturated carbocycles. The minimum Gasteiger partial charge on any atom is -0.502 e. The Kier molecular flexibility index (Phi) is 4.12. The van der Waals surface area contributed by atoms with E-state index in [1.165, 1.54) is 0 Å². The molecule has 0 bridgehead atoms. The van der Waals surface area contributed by atoms with E-state index in [1.807, 2.05) is 20.8 Å². The van der Waals surface area contributed by atoms with Crippen LogP contribution in [0.25, 0.3) is 0 Å². The lowest BCUT2D eigenvalue weighted by Crippen LogP contribution is -2.11. The highest BCUT2D eigenvalue weighted by atomic mass is 16.5. The molecule has 0 heterocycles. The van der Waals surface area contributed by atoms with Crippen LogP contribution in [0.3, 0.4) is 0 Å². The fourth-order valence-corrected chi connectivity index (χ4v) is 0.501. The summed E-state index contributed by atoms with van der Waals surface area (Å²) in [4.78, 5) is 0. The zero-order valence-corrected chi connectivity index (χ0v) is 7.09. The van der Waals surface area contributed by atoms with Crippen molar-refractivity contribution in [2.75, 3.05) is 7.11 Å². The molecular weight excluding hydrogens is 128 g/mol. The van der Waals surface area contributed by atoms with Crippen molar-refractivity contribution in [1.82, 2.24) is 0 Å². The van der Waals surface area contributed by atoms with E-state index in [0.29, 0.717) is 0 Å². The summed E-state index contributed by atoms with van der Waals surface area (Å²) in [5.41, 5.74) is 0. The van der Waals surface area contributed by atoms with Crippen LogP contribution in [0.1, 0.15) is 20.8 Å². The summed E-state index contributed by atoms with van der Waals surface area (Å²) in [5, 5.41) is 9.27. The third-order valence-corrected chi connectivity index (χ3v) is 1.41. The lowest BCUT2D eigenvalue weighted by Gasteiger charge is -2.10. The van der Waals surface area contributed by atoms with Gasteiger partial charge >= 0.3 is 0 Å². The Morgan fingerprint density at radius 3 is 2.30 bits per heavy atom. The van der Waals surface area contributed by atoms with Crippen molar-refractivity contribution in [3.8, 4) is 0 Å². The quantitative estimate of drug-likeness (QED) is 0.609. The van der Waals surface area contributed by atoms with Crippen molar-refractivity contribution >= 4 is 0 Å². The first kappa shape index (κ1) is 9.50. The van der Waals surface area contributed by atoms with Crippen LogP contribution in [0, 0.1) is 5.92 Å². The van der Waals surface area contributed by atoms with Gasteiger partial charge < -0.3 is 9.84 Å². The Morgan fingerprint density at radius 1 is 1.50 bits per heavy atom. The molecule has 0 aliphatic rings. The van der Waals surface area contributed by atoms with E-state index in [0.717, 1.165) is 5.76 Å². The summed E-state index contributed by atoms with van der Waals surface area (Å²) in [5.74, 6) is 1.02. The van der Waals surface area contributed by atoms with Crippen molar-refractivity contribution in [2.24, 2.45) is 5.92 Å². The maximum atomic E-state index is 9.27. The molecule has 1 unspecified atom stereocenters. The maximum absolute atomic E-state index is 9.27. The molecule has 60 valence electrons. The first-order chi connectivity index (χ1) is 4.57. The van der Waals surface area contributed by atoms with Crippen LogP contribution in [0.4, 0.5) is 0 Å². The van der Waals surface area contributed by atoms with Gasteiger partial charge in [0.05, 0.1) is 19.0 Å². The molecule has 0 rings (SSSR count). The van der Waals surface area contributed by atoms with E-state index in [1.54, 1.807) is 13.2 Å². The number of aliphatic hydroxyl groups excluding tert-OH is 1. The second-order valence-corrected chi connectivity index (χ2v) is 2.72. The number of methoxy groups -OCH3 is 1. The predicted octanol–water partition coefficient (Wildman–Crippen LogP) is 1.55. The van der Waals surface area contributed by atoms with Crippen molar-refractivity contribution in [3.63, 3.8) is 0 Å². The molecule has 1 N–H and O–H groups in total. The lowest BCUT2D eigenvalue weighted by molar-refractivity contribution is 0.164. The molecule has 0 amide bonds. The normalized spacial score (nSPS) is 15.6. The summed E-state index contributed by atoms with van der Waals surface area (Å²) in [6, 6.07) is 0. The smallest absolute Gasteiger partial charge is 0.0910 e. The number of hydrogen-bond acceptors (Lipinski definition) is 2. The van der Waals surface area contributed by atoms with Gasteiger partial charge in [0.2, 0.25) is 0 Å². The largest absolute Gasteiger partial charge is 0.502 e. The number of rotatable bonds is 3. The summed E-state index contributed by atoms with van der Waals surface area (Å²) >= 11 is 0. The minimum atomic E-state index is -0.389. The summed E-state index contributed by atoms with van der Waals surface area (Å²) in [6.07, 6.45) is 1.32. The average Bonchev–Trinajstić information content (AvgIpc) is 1.87. The van der Waals surface area contributed by atoms with Gasteiger partial charge in [-0.2, -0.15) is 0 Å². The van der Waals surface area contributed by atoms with Gasteiger partial charge in [0.25, 0.3) is 0 Å². The molecule has 2 heteroatoms. The van der Waals surface area contributed by atoms with E-state index in [2.05, 4.69) is 0 Å². The Balaban J connectivity index is 3.86. The SMILES string of the molecule is CO/C(C)=C/C(O)C(C)C. The van der Waals surface area contributed by atoms with Gasteiger partial charge in [-0.25, -0.2) is 0 Å². The topological polar surface area (TPSA) is 29.5 Å². The molecule has 0 aromatic heterocycles. The molecule has 1 atom stereocenters. The van der Waals surface area contributed by atoms with Gasteiger partial charge in [-0.1, -0.05) is 13.8 Å². The Morgan fingerprint density at radius 2 is 2.00 bits per heavy atom. The summed E-state index contributed by atoms with van der Waals surface area (Å²) < 4.78 is 4.87. The third-order valence-electron chi connectivity index (χ3n) is 1.41. The predicted molar refractivity (Wildman–Crippen MR) is 41.6 cm³/mol. The zero-order chi connectivity index (χ0) is 8.15. The first-order valence-corrected chi connectivity index (χ1v) is 3.48. The van der Waals surface area contributed by atoms with E-state index in [4.69, 9.17) is 4.74 Å². The van der Waals surface area contributed by atoms with Crippen LogP contribution in [0.2, 0.25) is 0 Å². The van der Waals surface area contributed by atoms with Crippen LogP contribution < -0.4 is 0 Å². The molecule has 0 fully saturated rings.